The Bertz CT molecular complexity index is 781. The van der Waals surface area contributed by atoms with E-state index < -0.39 is 4.92 Å². The number of fused-ring (bicyclic) bond motifs is 1. The number of carbonyl (C=O) groups is 2. The second-order valence-corrected chi connectivity index (χ2v) is 7.04. The molecule has 1 aliphatic heterocycles. The van der Waals surface area contributed by atoms with Crippen LogP contribution in [0.2, 0.25) is 0 Å². The Balaban J connectivity index is 1.84. The molecule has 1 saturated heterocycles. The Kier molecular flexibility index (Phi) is 3.13. The highest BCUT2D eigenvalue weighted by Gasteiger charge is 2.57. The highest BCUT2D eigenvalue weighted by Crippen LogP contribution is 2.51. The summed E-state index contributed by atoms with van der Waals surface area (Å²) in [5.41, 5.74) is 1.53. The predicted octanol–water partition coefficient (Wildman–Crippen LogP) is 2.91. The number of imide groups is 1. The van der Waals surface area contributed by atoms with Gasteiger partial charge in [0.1, 0.15) is 5.69 Å². The SMILES string of the molecule is Cc1cc(N2C(=O)[C@@H]3[C@@H](C2=O)[C@H]2C=C[C@@H]3CC2)c([N+](=O)[O-])cc1C. The molecule has 4 aliphatic rings. The number of nitro groups is 1. The lowest BCUT2D eigenvalue weighted by Crippen LogP contribution is -2.38. The van der Waals surface area contributed by atoms with Crippen LogP contribution in [0.5, 0.6) is 0 Å². The Morgan fingerprint density at radius 1 is 1.00 bits per heavy atom. The zero-order valence-electron chi connectivity index (χ0n) is 13.6. The van der Waals surface area contributed by atoms with Crippen molar-refractivity contribution in [2.75, 3.05) is 4.90 Å². The van der Waals surface area contributed by atoms with E-state index in [2.05, 4.69) is 0 Å². The Hall–Kier alpha value is -2.50. The first-order valence-electron chi connectivity index (χ1n) is 8.22. The molecular formula is C18H18N2O4. The number of anilines is 1. The molecule has 1 heterocycles. The van der Waals surface area contributed by atoms with E-state index in [-0.39, 0.29) is 46.9 Å². The molecule has 0 unspecified atom stereocenters. The van der Waals surface area contributed by atoms with Crippen molar-refractivity contribution < 1.29 is 14.5 Å². The Labute approximate surface area is 139 Å². The van der Waals surface area contributed by atoms with Crippen molar-refractivity contribution in [3.05, 3.63) is 45.5 Å². The summed E-state index contributed by atoms with van der Waals surface area (Å²) in [6, 6.07) is 3.04. The van der Waals surface area contributed by atoms with Crippen LogP contribution in [-0.2, 0) is 9.59 Å². The number of hydrogen-bond donors (Lipinski definition) is 0. The molecule has 0 N–H and O–H groups in total. The van der Waals surface area contributed by atoms with E-state index in [1.54, 1.807) is 13.0 Å². The van der Waals surface area contributed by atoms with Crippen LogP contribution in [0.4, 0.5) is 11.4 Å². The fourth-order valence-electron chi connectivity index (χ4n) is 4.42. The molecule has 124 valence electrons. The molecule has 1 aromatic carbocycles. The van der Waals surface area contributed by atoms with Crippen molar-refractivity contribution in [2.45, 2.75) is 26.7 Å². The van der Waals surface area contributed by atoms with Crippen LogP contribution in [0.1, 0.15) is 24.0 Å². The van der Waals surface area contributed by atoms with Gasteiger partial charge in [-0.15, -0.1) is 0 Å². The second kappa shape index (κ2) is 5.00. The highest BCUT2D eigenvalue weighted by atomic mass is 16.6. The van der Waals surface area contributed by atoms with Crippen LogP contribution in [0.25, 0.3) is 0 Å². The minimum atomic E-state index is -0.517. The fraction of sp³-hybridized carbons (Fsp3) is 0.444. The lowest BCUT2D eigenvalue weighted by molar-refractivity contribution is -0.384. The van der Waals surface area contributed by atoms with Crippen molar-refractivity contribution in [3.63, 3.8) is 0 Å². The molecule has 0 radical (unpaired) electrons. The average Bonchev–Trinajstić information content (AvgIpc) is 2.84. The minimum absolute atomic E-state index is 0.0760. The van der Waals surface area contributed by atoms with Gasteiger partial charge in [-0.25, -0.2) is 4.90 Å². The van der Waals surface area contributed by atoms with Crippen LogP contribution in [-0.4, -0.2) is 16.7 Å². The fourth-order valence-corrected chi connectivity index (χ4v) is 4.42. The standard InChI is InChI=1S/C18H18N2O4/c1-9-7-13(14(20(23)24)8-10(9)2)19-17(21)15-11-3-4-12(6-5-11)16(15)18(19)22/h3-4,7-8,11-12,15-16H,5-6H2,1-2H3/t11-,12+,15-,16-/m0/s1. The number of hydrogen-bond acceptors (Lipinski definition) is 4. The van der Waals surface area contributed by atoms with Gasteiger partial charge in [0, 0.05) is 6.07 Å². The van der Waals surface area contributed by atoms with Crippen molar-refractivity contribution in [1.29, 1.82) is 0 Å². The van der Waals surface area contributed by atoms with Crippen molar-refractivity contribution >= 4 is 23.2 Å². The van der Waals surface area contributed by atoms with Gasteiger partial charge in [-0.3, -0.25) is 19.7 Å². The molecule has 2 fully saturated rings. The van der Waals surface area contributed by atoms with Crippen LogP contribution >= 0.6 is 0 Å². The van der Waals surface area contributed by atoms with E-state index in [0.29, 0.717) is 0 Å². The zero-order valence-corrected chi connectivity index (χ0v) is 13.6. The topological polar surface area (TPSA) is 80.5 Å². The summed E-state index contributed by atoms with van der Waals surface area (Å²) in [5, 5.41) is 11.5. The van der Waals surface area contributed by atoms with E-state index in [1.807, 2.05) is 19.1 Å². The molecule has 3 aliphatic carbocycles. The highest BCUT2D eigenvalue weighted by molar-refractivity contribution is 6.23. The smallest absolute Gasteiger partial charge is 0.274 e. The van der Waals surface area contributed by atoms with Gasteiger partial charge in [-0.2, -0.15) is 0 Å². The maximum absolute atomic E-state index is 13.0. The molecule has 6 nitrogen and oxygen atoms in total. The summed E-state index contributed by atoms with van der Waals surface area (Å²) in [4.78, 5) is 37.9. The number of benzene rings is 1. The number of allylic oxidation sites excluding steroid dienone is 2. The largest absolute Gasteiger partial charge is 0.293 e. The van der Waals surface area contributed by atoms with Gasteiger partial charge in [0.05, 0.1) is 16.8 Å². The van der Waals surface area contributed by atoms with Crippen molar-refractivity contribution in [2.24, 2.45) is 23.7 Å². The molecule has 0 aromatic heterocycles. The lowest BCUT2D eigenvalue weighted by atomic mass is 9.63. The van der Waals surface area contributed by atoms with Crippen LogP contribution in [0.15, 0.2) is 24.3 Å². The number of carbonyl (C=O) groups excluding carboxylic acids is 2. The van der Waals surface area contributed by atoms with E-state index in [1.165, 1.54) is 6.07 Å². The van der Waals surface area contributed by atoms with Gasteiger partial charge in [0.15, 0.2) is 0 Å². The number of nitro benzene ring substituents is 1. The van der Waals surface area contributed by atoms with Crippen LogP contribution in [0, 0.1) is 47.6 Å². The van der Waals surface area contributed by atoms with Gasteiger partial charge in [-0.1, -0.05) is 12.2 Å². The van der Waals surface area contributed by atoms with Crippen LogP contribution in [0.3, 0.4) is 0 Å². The van der Waals surface area contributed by atoms with Gasteiger partial charge in [0.2, 0.25) is 11.8 Å². The summed E-state index contributed by atoms with van der Waals surface area (Å²) >= 11 is 0. The summed E-state index contributed by atoms with van der Waals surface area (Å²) in [6.07, 6.45) is 5.89. The van der Waals surface area contributed by atoms with Gasteiger partial charge >= 0.3 is 0 Å². The molecule has 2 bridgehead atoms. The first-order chi connectivity index (χ1) is 11.4. The quantitative estimate of drug-likeness (QED) is 0.362. The van der Waals surface area contributed by atoms with Gasteiger partial charge in [0.25, 0.3) is 5.69 Å². The Morgan fingerprint density at radius 3 is 1.96 bits per heavy atom. The van der Waals surface area contributed by atoms with E-state index >= 15 is 0 Å². The molecule has 1 saturated carbocycles. The lowest BCUT2D eigenvalue weighted by Gasteiger charge is -2.38. The van der Waals surface area contributed by atoms with E-state index in [9.17, 15) is 19.7 Å². The van der Waals surface area contributed by atoms with Gasteiger partial charge in [-0.05, 0) is 55.7 Å². The predicted molar refractivity (Wildman–Crippen MR) is 87.4 cm³/mol. The van der Waals surface area contributed by atoms with E-state index in [4.69, 9.17) is 0 Å². The summed E-state index contributed by atoms with van der Waals surface area (Å²) in [6.45, 7) is 3.61. The van der Waals surface area contributed by atoms with Crippen molar-refractivity contribution in [3.8, 4) is 0 Å². The first kappa shape index (κ1) is 15.1. The first-order valence-corrected chi connectivity index (χ1v) is 8.22. The maximum Gasteiger partial charge on any atom is 0.293 e. The van der Waals surface area contributed by atoms with E-state index in [0.717, 1.165) is 28.9 Å². The van der Waals surface area contributed by atoms with Gasteiger partial charge < -0.3 is 0 Å². The summed E-state index contributed by atoms with van der Waals surface area (Å²) < 4.78 is 0. The molecule has 6 heteroatoms. The molecule has 2 amide bonds. The third-order valence-electron chi connectivity index (χ3n) is 5.79. The third-order valence-corrected chi connectivity index (χ3v) is 5.79. The molecular weight excluding hydrogens is 308 g/mol. The molecule has 1 aromatic rings. The summed E-state index contributed by atoms with van der Waals surface area (Å²) in [7, 11) is 0. The molecule has 5 rings (SSSR count). The monoisotopic (exact) mass is 326 g/mol. The second-order valence-electron chi connectivity index (χ2n) is 7.04. The van der Waals surface area contributed by atoms with Crippen molar-refractivity contribution in [1.82, 2.24) is 0 Å². The molecule has 0 spiro atoms. The average molecular weight is 326 g/mol. The zero-order chi connectivity index (χ0) is 17.2. The molecule has 4 atom stereocenters. The number of nitrogens with zero attached hydrogens (tertiary/aromatic N) is 2. The Morgan fingerprint density at radius 2 is 1.50 bits per heavy atom. The maximum atomic E-state index is 13.0. The third kappa shape index (κ3) is 1.89. The minimum Gasteiger partial charge on any atom is -0.274 e. The normalized spacial score (nSPS) is 30.8. The molecule has 24 heavy (non-hydrogen) atoms. The number of aryl methyl sites for hydroxylation is 2. The summed E-state index contributed by atoms with van der Waals surface area (Å²) in [5.74, 6) is -1.13. The van der Waals surface area contributed by atoms with Crippen LogP contribution < -0.4 is 4.90 Å². The number of rotatable bonds is 2. The number of amides is 2.